The number of aromatic nitrogens is 2. The van der Waals surface area contributed by atoms with Crippen molar-refractivity contribution < 1.29 is 23.2 Å². The zero-order valence-corrected chi connectivity index (χ0v) is 24.3. The third-order valence-electron chi connectivity index (χ3n) is 11.6. The van der Waals surface area contributed by atoms with Gasteiger partial charge in [-0.25, -0.2) is 14.2 Å². The second-order valence-corrected chi connectivity index (χ2v) is 14.8. The Morgan fingerprint density at radius 1 is 1.10 bits per heavy atom. The lowest BCUT2D eigenvalue weighted by molar-refractivity contribution is -0.0164. The number of ether oxygens (including phenoxy) is 2. The number of carbonyl (C=O) groups excluding carboxylic acids is 1. The number of hydrogen-bond acceptors (Lipinski definition) is 8. The van der Waals surface area contributed by atoms with Crippen LogP contribution in [0.15, 0.2) is 16.7 Å². The first-order chi connectivity index (χ1) is 20.0. The summed E-state index contributed by atoms with van der Waals surface area (Å²) < 4.78 is 33.1. The van der Waals surface area contributed by atoms with Crippen LogP contribution in [0.5, 0.6) is 0 Å². The average Bonchev–Trinajstić information content (AvgIpc) is 3.93. The van der Waals surface area contributed by atoms with Gasteiger partial charge in [0, 0.05) is 17.4 Å². The maximum atomic E-state index is 14.9. The lowest BCUT2D eigenvalue weighted by Gasteiger charge is -2.42. The molecule has 0 N–H and O–H groups in total. The van der Waals surface area contributed by atoms with Crippen LogP contribution in [0.1, 0.15) is 116 Å². The number of benzene rings is 1. The van der Waals surface area contributed by atoms with E-state index in [0.29, 0.717) is 46.0 Å². The van der Waals surface area contributed by atoms with E-state index in [-0.39, 0.29) is 17.2 Å². The van der Waals surface area contributed by atoms with Crippen LogP contribution in [-0.4, -0.2) is 40.9 Å². The summed E-state index contributed by atoms with van der Waals surface area (Å²) in [7, 11) is 1.31. The second kappa shape index (κ2) is 8.75. The lowest BCUT2D eigenvalue weighted by atomic mass is 9.64. The largest absolute Gasteiger partial charge is 0.465 e. The zero-order valence-electron chi connectivity index (χ0n) is 23.5. The van der Waals surface area contributed by atoms with E-state index in [1.165, 1.54) is 93.6 Å². The standard InChI is InChI=1S/C32H36FN3O4S/c1-38-29(37)19-12-23(33)27-24(13-19)41-30(34-27)36-25-15-21(14-20-6-9-32(20,25)36)39-16-22-26(35-40-28(22)18-2-3-18)17-4-7-31(8-5-17)10-11-31/h12-13,17-18,20-21,25H,2-11,14-16H2,1H3/t20-,21-,25?,32-,36?/m0/s1. The van der Waals surface area contributed by atoms with Crippen molar-refractivity contribution in [1.82, 2.24) is 10.1 Å². The molecule has 5 saturated carbocycles. The number of rotatable bonds is 7. The van der Waals surface area contributed by atoms with Gasteiger partial charge >= 0.3 is 5.97 Å². The number of hydrogen-bond donors (Lipinski definition) is 0. The van der Waals surface area contributed by atoms with Gasteiger partial charge in [-0.2, -0.15) is 0 Å². The van der Waals surface area contributed by atoms with Crippen molar-refractivity contribution in [2.24, 2.45) is 11.3 Å². The highest BCUT2D eigenvalue weighted by molar-refractivity contribution is 7.22. The van der Waals surface area contributed by atoms with Gasteiger partial charge in [-0.1, -0.05) is 16.5 Å². The first kappa shape index (κ1) is 25.0. The number of fused-ring (bicyclic) bond motifs is 1. The molecule has 9 heteroatoms. The summed E-state index contributed by atoms with van der Waals surface area (Å²) in [6.07, 6.45) is 15.0. The van der Waals surface area contributed by atoms with Gasteiger partial charge in [0.2, 0.25) is 0 Å². The molecule has 2 aromatic heterocycles. The first-order valence-corrected chi connectivity index (χ1v) is 16.4. The molecule has 3 heterocycles. The van der Waals surface area contributed by atoms with Gasteiger partial charge in [0.1, 0.15) is 11.3 Å². The fourth-order valence-electron chi connectivity index (χ4n) is 8.72. The molecule has 2 spiro atoms. The third kappa shape index (κ3) is 3.80. The summed E-state index contributed by atoms with van der Waals surface area (Å²) in [5.74, 6) is 1.70. The molecule has 0 bridgehead atoms. The molecule has 1 aliphatic heterocycles. The van der Waals surface area contributed by atoms with Gasteiger partial charge in [-0.15, -0.1) is 0 Å². The number of carbonyl (C=O) groups is 1. The van der Waals surface area contributed by atoms with Crippen molar-refractivity contribution in [2.75, 3.05) is 12.0 Å². The van der Waals surface area contributed by atoms with Crippen LogP contribution in [-0.2, 0) is 16.1 Å². The minimum atomic E-state index is -0.532. The molecule has 6 fully saturated rings. The van der Waals surface area contributed by atoms with E-state index in [0.717, 1.165) is 30.2 Å². The van der Waals surface area contributed by atoms with Gasteiger partial charge in [-0.05, 0) is 101 Å². The van der Waals surface area contributed by atoms with E-state index < -0.39 is 11.8 Å². The Labute approximate surface area is 242 Å². The van der Waals surface area contributed by atoms with Crippen molar-refractivity contribution in [3.63, 3.8) is 0 Å². The SMILES string of the molecule is COC(=O)c1cc(F)c2nc(N3C4C[C@@H](OCc5c(C6CCC7(CC6)CC7)noc5C5CC5)C[C@@H]5CC[C@@]453)sc2c1. The number of halogens is 1. The minimum absolute atomic E-state index is 0.151. The molecule has 0 amide bonds. The predicted molar refractivity (Wildman–Crippen MR) is 152 cm³/mol. The molecule has 5 aliphatic carbocycles. The Balaban J connectivity index is 0.928. The molecule has 1 aromatic carbocycles. The Morgan fingerprint density at radius 3 is 2.63 bits per heavy atom. The topological polar surface area (TPSA) is 77.5 Å². The molecule has 216 valence electrons. The van der Waals surface area contributed by atoms with Gasteiger partial charge in [0.25, 0.3) is 0 Å². The third-order valence-corrected chi connectivity index (χ3v) is 12.6. The van der Waals surface area contributed by atoms with Crippen molar-refractivity contribution >= 4 is 32.7 Å². The summed E-state index contributed by atoms with van der Waals surface area (Å²) in [5.41, 5.74) is 3.82. The van der Waals surface area contributed by atoms with Gasteiger partial charge in [-0.3, -0.25) is 0 Å². The highest BCUT2D eigenvalue weighted by Gasteiger charge is 2.73. The first-order valence-electron chi connectivity index (χ1n) is 15.6. The van der Waals surface area contributed by atoms with Gasteiger partial charge in [0.15, 0.2) is 10.9 Å². The smallest absolute Gasteiger partial charge is 0.338 e. The molecule has 41 heavy (non-hydrogen) atoms. The minimum Gasteiger partial charge on any atom is -0.465 e. The predicted octanol–water partition coefficient (Wildman–Crippen LogP) is 7.24. The lowest BCUT2D eigenvalue weighted by Crippen LogP contribution is -2.46. The molecule has 7 nitrogen and oxygen atoms in total. The van der Waals surface area contributed by atoms with Crippen LogP contribution >= 0.6 is 11.3 Å². The van der Waals surface area contributed by atoms with Crippen molar-refractivity contribution in [1.29, 1.82) is 0 Å². The molecular formula is C32H36FN3O4S. The van der Waals surface area contributed by atoms with E-state index in [9.17, 15) is 9.18 Å². The Hall–Kier alpha value is -2.52. The van der Waals surface area contributed by atoms with Crippen molar-refractivity contribution in [3.8, 4) is 0 Å². The van der Waals surface area contributed by atoms with Crippen LogP contribution < -0.4 is 4.90 Å². The Morgan fingerprint density at radius 2 is 1.93 bits per heavy atom. The fourth-order valence-corrected chi connectivity index (χ4v) is 9.87. The van der Waals surface area contributed by atoms with E-state index in [1.807, 2.05) is 0 Å². The highest BCUT2D eigenvalue weighted by atomic mass is 32.1. The molecule has 1 saturated heterocycles. The van der Waals surface area contributed by atoms with Crippen molar-refractivity contribution in [2.45, 2.75) is 113 Å². The molecular weight excluding hydrogens is 541 g/mol. The van der Waals surface area contributed by atoms with Crippen molar-refractivity contribution in [3.05, 3.63) is 40.5 Å². The fraction of sp³-hybridized carbons (Fsp3) is 0.656. The number of esters is 1. The van der Waals surface area contributed by atoms with Crippen LogP contribution in [0.4, 0.5) is 9.52 Å². The normalized spacial score (nSPS) is 31.6. The van der Waals surface area contributed by atoms with E-state index in [4.69, 9.17) is 19.0 Å². The van der Waals surface area contributed by atoms with Crippen LogP contribution in [0, 0.1) is 17.2 Å². The number of nitrogens with zero attached hydrogens (tertiary/aromatic N) is 3. The van der Waals surface area contributed by atoms with E-state index in [1.54, 1.807) is 6.07 Å². The van der Waals surface area contributed by atoms with E-state index in [2.05, 4.69) is 10.1 Å². The molecule has 3 aromatic rings. The van der Waals surface area contributed by atoms with Crippen LogP contribution in [0.2, 0.25) is 0 Å². The summed E-state index contributed by atoms with van der Waals surface area (Å²) in [4.78, 5) is 19.2. The zero-order chi connectivity index (χ0) is 27.5. The number of thiazole rings is 1. The molecule has 1 unspecified atom stereocenters. The monoisotopic (exact) mass is 577 g/mol. The molecule has 6 aliphatic rings. The van der Waals surface area contributed by atoms with Gasteiger partial charge in [0.05, 0.1) is 47.4 Å². The quantitative estimate of drug-likeness (QED) is 0.216. The Bertz CT molecular complexity index is 1550. The second-order valence-electron chi connectivity index (χ2n) is 13.8. The highest BCUT2D eigenvalue weighted by Crippen LogP contribution is 2.67. The molecule has 0 radical (unpaired) electrons. The van der Waals surface area contributed by atoms with E-state index >= 15 is 0 Å². The Kier molecular flexibility index (Phi) is 5.34. The average molecular weight is 578 g/mol. The maximum absolute atomic E-state index is 14.9. The van der Waals surface area contributed by atoms with Crippen LogP contribution in [0.3, 0.4) is 0 Å². The maximum Gasteiger partial charge on any atom is 0.338 e. The number of anilines is 1. The summed E-state index contributed by atoms with van der Waals surface area (Å²) in [6.45, 7) is 0.603. The molecule has 4 atom stereocenters. The number of methoxy groups -OCH3 is 1. The van der Waals surface area contributed by atoms with Crippen LogP contribution in [0.25, 0.3) is 10.2 Å². The van der Waals surface area contributed by atoms with Gasteiger partial charge < -0.3 is 18.9 Å². The molecule has 9 rings (SSSR count). The summed E-state index contributed by atoms with van der Waals surface area (Å²) in [6, 6.07) is 3.31. The summed E-state index contributed by atoms with van der Waals surface area (Å²) in [5, 5.41) is 5.53. The summed E-state index contributed by atoms with van der Waals surface area (Å²) >= 11 is 1.48.